The van der Waals surface area contributed by atoms with E-state index in [4.69, 9.17) is 9.72 Å². The number of benzene rings is 1. The number of rotatable bonds is 7. The molecule has 1 fully saturated rings. The third-order valence-corrected chi connectivity index (χ3v) is 7.41. The first kappa shape index (κ1) is 24.0. The van der Waals surface area contributed by atoms with Crippen LogP contribution in [-0.4, -0.2) is 46.1 Å². The van der Waals surface area contributed by atoms with Crippen molar-refractivity contribution >= 4 is 40.1 Å². The van der Waals surface area contributed by atoms with E-state index in [1.807, 2.05) is 77.3 Å². The molecule has 0 bridgehead atoms. The second-order valence-electron chi connectivity index (χ2n) is 8.84. The first-order chi connectivity index (χ1) is 17.5. The van der Waals surface area contributed by atoms with Gasteiger partial charge in [0, 0.05) is 20.1 Å². The molecule has 1 aromatic carbocycles. The van der Waals surface area contributed by atoms with Crippen molar-refractivity contribution in [2.75, 3.05) is 24.6 Å². The molecule has 1 aliphatic heterocycles. The number of hydrogen-bond acceptors (Lipinski definition) is 7. The lowest BCUT2D eigenvalue weighted by Gasteiger charge is -2.33. The molecule has 0 saturated carbocycles. The van der Waals surface area contributed by atoms with Crippen LogP contribution in [0.2, 0.25) is 0 Å². The van der Waals surface area contributed by atoms with Crippen molar-refractivity contribution in [3.8, 4) is 10.6 Å². The molecule has 1 unspecified atom stereocenters. The van der Waals surface area contributed by atoms with Gasteiger partial charge in [-0.25, -0.2) is 9.97 Å². The van der Waals surface area contributed by atoms with E-state index in [1.54, 1.807) is 11.3 Å². The van der Waals surface area contributed by atoms with E-state index in [0.717, 1.165) is 46.8 Å². The minimum Gasteiger partial charge on any atom is -0.466 e. The average Bonchev–Trinajstić information content (AvgIpc) is 3.56. The van der Waals surface area contributed by atoms with Crippen molar-refractivity contribution in [2.45, 2.75) is 26.3 Å². The van der Waals surface area contributed by atoms with Gasteiger partial charge >= 0.3 is 5.97 Å². The number of thiophene rings is 1. The first-order valence-electron chi connectivity index (χ1n) is 12.2. The van der Waals surface area contributed by atoms with Gasteiger partial charge in [0.25, 0.3) is 5.91 Å². The largest absolute Gasteiger partial charge is 0.466 e. The molecule has 0 spiro atoms. The molecule has 0 radical (unpaired) electrons. The van der Waals surface area contributed by atoms with Crippen molar-refractivity contribution in [1.29, 1.82) is 0 Å². The van der Waals surface area contributed by atoms with E-state index < -0.39 is 0 Å². The quantitative estimate of drug-likeness (QED) is 0.376. The minimum atomic E-state index is -0.234. The van der Waals surface area contributed by atoms with Crippen LogP contribution in [-0.2, 0) is 23.1 Å². The van der Waals surface area contributed by atoms with Crippen molar-refractivity contribution < 1.29 is 14.3 Å². The van der Waals surface area contributed by atoms with Gasteiger partial charge in [-0.2, -0.15) is 0 Å². The number of ether oxygens (including phenoxy) is 1. The number of imidazole rings is 1. The molecule has 0 aliphatic carbocycles. The fourth-order valence-electron chi connectivity index (χ4n) is 4.66. The number of carbonyl (C=O) groups is 2. The van der Waals surface area contributed by atoms with Crippen LogP contribution in [0.5, 0.6) is 0 Å². The van der Waals surface area contributed by atoms with E-state index in [2.05, 4.69) is 10.3 Å². The van der Waals surface area contributed by atoms with E-state index in [0.29, 0.717) is 31.1 Å². The standard InChI is InChI=1S/C27H29N5O3S/c1-3-35-27(34)18-8-6-14-32(17-18)25-19(12-13-21(30-25)23-11-7-15-36-23)26(33)28-16-24-29-20-9-4-5-10-22(20)31(24)2/h4-5,7,9-13,15,18H,3,6,8,14,16-17H2,1-2H3,(H,28,33). The number of para-hydroxylation sites is 2. The summed E-state index contributed by atoms with van der Waals surface area (Å²) < 4.78 is 7.27. The summed E-state index contributed by atoms with van der Waals surface area (Å²) in [5.74, 6) is 0.721. The number of aromatic nitrogens is 3. The van der Waals surface area contributed by atoms with E-state index in [1.165, 1.54) is 0 Å². The number of fused-ring (bicyclic) bond motifs is 1. The summed E-state index contributed by atoms with van der Waals surface area (Å²) in [5.41, 5.74) is 3.21. The average molecular weight is 504 g/mol. The van der Waals surface area contributed by atoms with Crippen LogP contribution >= 0.6 is 11.3 Å². The molecule has 1 atom stereocenters. The Morgan fingerprint density at radius 3 is 2.78 bits per heavy atom. The maximum absolute atomic E-state index is 13.4. The van der Waals surface area contributed by atoms with Gasteiger partial charge in [0.05, 0.1) is 46.2 Å². The second kappa shape index (κ2) is 10.5. The van der Waals surface area contributed by atoms with E-state index >= 15 is 0 Å². The Hall–Kier alpha value is -3.72. The number of carbonyl (C=O) groups excluding carboxylic acids is 2. The summed E-state index contributed by atoms with van der Waals surface area (Å²) in [5, 5.41) is 5.03. The van der Waals surface area contributed by atoms with Crippen LogP contribution in [0, 0.1) is 5.92 Å². The Kier molecular flexibility index (Phi) is 6.99. The van der Waals surface area contributed by atoms with Crippen LogP contribution in [0.15, 0.2) is 53.9 Å². The molecule has 5 rings (SSSR count). The van der Waals surface area contributed by atoms with Gasteiger partial charge < -0.3 is 19.5 Å². The van der Waals surface area contributed by atoms with Gasteiger partial charge in [-0.15, -0.1) is 11.3 Å². The molecular weight excluding hydrogens is 474 g/mol. The first-order valence-corrected chi connectivity index (χ1v) is 13.1. The molecule has 1 saturated heterocycles. The van der Waals surface area contributed by atoms with Crippen LogP contribution in [0.1, 0.15) is 35.9 Å². The number of hydrogen-bond donors (Lipinski definition) is 1. The SMILES string of the molecule is CCOC(=O)C1CCCN(c2nc(-c3cccs3)ccc2C(=O)NCc2nc3ccccc3n2C)C1. The number of esters is 1. The Morgan fingerprint density at radius 2 is 2.00 bits per heavy atom. The normalized spacial score (nSPS) is 15.7. The van der Waals surface area contributed by atoms with Crippen molar-refractivity contribution in [3.63, 3.8) is 0 Å². The van der Waals surface area contributed by atoms with E-state index in [9.17, 15) is 9.59 Å². The summed E-state index contributed by atoms with van der Waals surface area (Å²) in [6.45, 7) is 3.67. The molecule has 4 heterocycles. The van der Waals surface area contributed by atoms with Crippen LogP contribution < -0.4 is 10.2 Å². The molecular formula is C27H29N5O3S. The Morgan fingerprint density at radius 1 is 1.14 bits per heavy atom. The Balaban J connectivity index is 1.42. The molecule has 8 nitrogen and oxygen atoms in total. The van der Waals surface area contributed by atoms with Gasteiger partial charge in [-0.05, 0) is 55.5 Å². The highest BCUT2D eigenvalue weighted by Gasteiger charge is 2.30. The van der Waals surface area contributed by atoms with Crippen LogP contribution in [0.25, 0.3) is 21.6 Å². The number of pyridine rings is 1. The van der Waals surface area contributed by atoms with Gasteiger partial charge in [-0.1, -0.05) is 18.2 Å². The lowest BCUT2D eigenvalue weighted by atomic mass is 9.97. The van der Waals surface area contributed by atoms with Crippen molar-refractivity contribution in [3.05, 3.63) is 65.3 Å². The van der Waals surface area contributed by atoms with Gasteiger partial charge in [-0.3, -0.25) is 9.59 Å². The Labute approximate surface area is 213 Å². The van der Waals surface area contributed by atoms with Gasteiger partial charge in [0.1, 0.15) is 11.6 Å². The van der Waals surface area contributed by atoms with Crippen LogP contribution in [0.3, 0.4) is 0 Å². The number of amides is 1. The molecule has 36 heavy (non-hydrogen) atoms. The zero-order valence-electron chi connectivity index (χ0n) is 20.4. The number of nitrogens with zero attached hydrogens (tertiary/aromatic N) is 4. The zero-order chi connectivity index (χ0) is 25.1. The monoisotopic (exact) mass is 503 g/mol. The predicted molar refractivity (Wildman–Crippen MR) is 141 cm³/mol. The molecule has 1 N–H and O–H groups in total. The summed E-state index contributed by atoms with van der Waals surface area (Å²) >= 11 is 1.60. The third kappa shape index (κ3) is 4.83. The molecule has 1 aliphatic rings. The minimum absolute atomic E-state index is 0.190. The number of anilines is 1. The summed E-state index contributed by atoms with van der Waals surface area (Å²) in [4.78, 5) is 38.5. The highest BCUT2D eigenvalue weighted by Crippen LogP contribution is 2.30. The lowest BCUT2D eigenvalue weighted by Crippen LogP contribution is -2.41. The molecule has 1 amide bonds. The highest BCUT2D eigenvalue weighted by atomic mass is 32.1. The number of nitrogens with one attached hydrogen (secondary N) is 1. The third-order valence-electron chi connectivity index (χ3n) is 6.52. The number of piperidine rings is 1. The molecule has 3 aromatic heterocycles. The summed E-state index contributed by atoms with van der Waals surface area (Å²) in [6, 6.07) is 15.6. The lowest BCUT2D eigenvalue weighted by molar-refractivity contribution is -0.148. The molecule has 4 aromatic rings. The summed E-state index contributed by atoms with van der Waals surface area (Å²) in [6.07, 6.45) is 1.60. The van der Waals surface area contributed by atoms with Gasteiger partial charge in [0.15, 0.2) is 0 Å². The fraction of sp³-hybridized carbons (Fsp3) is 0.333. The maximum Gasteiger partial charge on any atom is 0.310 e. The summed E-state index contributed by atoms with van der Waals surface area (Å²) in [7, 11) is 1.95. The van der Waals surface area contributed by atoms with E-state index in [-0.39, 0.29) is 17.8 Å². The Bertz CT molecular complexity index is 1380. The molecule has 9 heteroatoms. The van der Waals surface area contributed by atoms with Gasteiger partial charge in [0.2, 0.25) is 0 Å². The molecule has 186 valence electrons. The maximum atomic E-state index is 13.4. The number of aryl methyl sites for hydroxylation is 1. The smallest absolute Gasteiger partial charge is 0.310 e. The van der Waals surface area contributed by atoms with Crippen molar-refractivity contribution in [2.24, 2.45) is 13.0 Å². The second-order valence-corrected chi connectivity index (χ2v) is 9.79. The zero-order valence-corrected chi connectivity index (χ0v) is 21.3. The van der Waals surface area contributed by atoms with Crippen molar-refractivity contribution in [1.82, 2.24) is 19.9 Å². The van der Waals surface area contributed by atoms with Crippen LogP contribution in [0.4, 0.5) is 5.82 Å². The topological polar surface area (TPSA) is 89.3 Å². The predicted octanol–water partition coefficient (Wildman–Crippen LogP) is 4.41. The fourth-order valence-corrected chi connectivity index (χ4v) is 5.35. The highest BCUT2D eigenvalue weighted by molar-refractivity contribution is 7.13.